The summed E-state index contributed by atoms with van der Waals surface area (Å²) in [6.07, 6.45) is 5.13. The average molecular weight is 350 g/mol. The number of piperidine rings is 1. The molecule has 2 aromatic rings. The van der Waals surface area contributed by atoms with E-state index in [1.165, 1.54) is 12.0 Å². The summed E-state index contributed by atoms with van der Waals surface area (Å²) in [5.74, 6) is 1.52. The van der Waals surface area contributed by atoms with Crippen LogP contribution in [-0.2, 0) is 24.3 Å². The number of amides is 1. The van der Waals surface area contributed by atoms with Crippen molar-refractivity contribution < 1.29 is 4.79 Å². The maximum absolute atomic E-state index is 11.6. The molecule has 26 heavy (non-hydrogen) atoms. The molecule has 0 saturated carbocycles. The Morgan fingerprint density at radius 2 is 2.08 bits per heavy atom. The van der Waals surface area contributed by atoms with E-state index < -0.39 is 0 Å². The van der Waals surface area contributed by atoms with Gasteiger partial charge in [-0.25, -0.2) is 9.97 Å². The summed E-state index contributed by atoms with van der Waals surface area (Å²) < 4.78 is 0. The number of carbonyl (C=O) groups is 1. The first-order valence-corrected chi connectivity index (χ1v) is 9.55. The van der Waals surface area contributed by atoms with Crippen LogP contribution in [0.3, 0.4) is 0 Å². The molecule has 1 fully saturated rings. The zero-order chi connectivity index (χ0) is 17.9. The van der Waals surface area contributed by atoms with Crippen molar-refractivity contribution in [3.8, 4) is 0 Å². The lowest BCUT2D eigenvalue weighted by molar-refractivity contribution is -0.129. The van der Waals surface area contributed by atoms with Gasteiger partial charge in [-0.3, -0.25) is 9.69 Å². The molecule has 5 heteroatoms. The third-order valence-electron chi connectivity index (χ3n) is 5.52. The molecule has 5 nitrogen and oxygen atoms in total. The molecular weight excluding hydrogens is 324 g/mol. The topological polar surface area (TPSA) is 49.3 Å². The number of rotatable bonds is 3. The maximum atomic E-state index is 11.6. The van der Waals surface area contributed by atoms with Crippen LogP contribution < -0.4 is 0 Å². The Hall–Kier alpha value is -2.27. The summed E-state index contributed by atoms with van der Waals surface area (Å²) in [7, 11) is 0. The first kappa shape index (κ1) is 17.2. The summed E-state index contributed by atoms with van der Waals surface area (Å²) in [6, 6.07) is 10.7. The van der Waals surface area contributed by atoms with Crippen LogP contribution in [0, 0.1) is 0 Å². The molecule has 1 aromatic heterocycles. The minimum absolute atomic E-state index is 0.128. The van der Waals surface area contributed by atoms with Crippen LogP contribution in [0.2, 0.25) is 0 Å². The monoisotopic (exact) mass is 350 g/mol. The van der Waals surface area contributed by atoms with Gasteiger partial charge in [0.15, 0.2) is 0 Å². The van der Waals surface area contributed by atoms with Crippen molar-refractivity contribution in [1.29, 1.82) is 0 Å². The van der Waals surface area contributed by atoms with E-state index in [-0.39, 0.29) is 5.91 Å². The van der Waals surface area contributed by atoms with Crippen molar-refractivity contribution >= 4 is 5.91 Å². The Kier molecular flexibility index (Phi) is 4.98. The smallest absolute Gasteiger partial charge is 0.219 e. The fourth-order valence-electron chi connectivity index (χ4n) is 4.05. The molecule has 0 radical (unpaired) electrons. The van der Waals surface area contributed by atoms with Crippen LogP contribution in [0.15, 0.2) is 36.5 Å². The van der Waals surface area contributed by atoms with Crippen molar-refractivity contribution in [2.75, 3.05) is 19.6 Å². The molecule has 3 heterocycles. The van der Waals surface area contributed by atoms with Gasteiger partial charge in [-0.15, -0.1) is 0 Å². The third kappa shape index (κ3) is 3.78. The maximum Gasteiger partial charge on any atom is 0.219 e. The number of hydrogen-bond acceptors (Lipinski definition) is 4. The van der Waals surface area contributed by atoms with Gasteiger partial charge in [-0.1, -0.05) is 30.3 Å². The fourth-order valence-corrected chi connectivity index (χ4v) is 4.05. The van der Waals surface area contributed by atoms with E-state index >= 15 is 0 Å². The van der Waals surface area contributed by atoms with Gasteiger partial charge in [0.1, 0.15) is 5.82 Å². The second-order valence-electron chi connectivity index (χ2n) is 7.45. The van der Waals surface area contributed by atoms with Gasteiger partial charge in [-0.05, 0) is 24.9 Å². The largest absolute Gasteiger partial charge is 0.338 e. The van der Waals surface area contributed by atoms with Crippen LogP contribution in [0.5, 0.6) is 0 Å². The lowest BCUT2D eigenvalue weighted by Crippen LogP contribution is -2.36. The van der Waals surface area contributed by atoms with Gasteiger partial charge in [0.2, 0.25) is 5.91 Å². The Bertz CT molecular complexity index is 777. The van der Waals surface area contributed by atoms with Crippen molar-refractivity contribution in [1.82, 2.24) is 19.8 Å². The number of hydrogen-bond donors (Lipinski definition) is 0. The van der Waals surface area contributed by atoms with Crippen molar-refractivity contribution in [2.45, 2.75) is 45.2 Å². The normalized spacial score (nSPS) is 20.7. The Morgan fingerprint density at radius 3 is 2.88 bits per heavy atom. The highest BCUT2D eigenvalue weighted by molar-refractivity contribution is 5.73. The number of benzene rings is 1. The van der Waals surface area contributed by atoms with E-state index in [0.29, 0.717) is 12.5 Å². The second kappa shape index (κ2) is 7.54. The highest BCUT2D eigenvalue weighted by atomic mass is 16.2. The van der Waals surface area contributed by atoms with Crippen LogP contribution in [0.25, 0.3) is 0 Å². The van der Waals surface area contributed by atoms with Gasteiger partial charge in [0.05, 0.1) is 5.69 Å². The molecule has 136 valence electrons. The van der Waals surface area contributed by atoms with E-state index in [0.717, 1.165) is 56.1 Å². The molecule has 0 aliphatic carbocycles. The standard InChI is InChI=1S/C21H26N4O/c1-16(26)25-11-9-20-19(15-25)12-22-21(23-20)18-8-5-10-24(14-18)13-17-6-3-2-4-7-17/h2-4,6-7,12,18H,5,8-11,13-15H2,1H3. The molecule has 1 atom stereocenters. The summed E-state index contributed by atoms with van der Waals surface area (Å²) in [5, 5.41) is 0. The lowest BCUT2D eigenvalue weighted by Gasteiger charge is -2.33. The lowest BCUT2D eigenvalue weighted by atomic mass is 9.96. The highest BCUT2D eigenvalue weighted by Crippen LogP contribution is 2.27. The minimum Gasteiger partial charge on any atom is -0.338 e. The average Bonchev–Trinajstić information content (AvgIpc) is 2.68. The molecule has 1 aromatic carbocycles. The van der Waals surface area contributed by atoms with Crippen LogP contribution in [-0.4, -0.2) is 45.3 Å². The number of nitrogens with zero attached hydrogens (tertiary/aromatic N) is 4. The number of fused-ring (bicyclic) bond motifs is 1. The quantitative estimate of drug-likeness (QED) is 0.854. The van der Waals surface area contributed by atoms with Gasteiger partial charge < -0.3 is 4.90 Å². The van der Waals surface area contributed by atoms with E-state index in [9.17, 15) is 4.79 Å². The SMILES string of the molecule is CC(=O)N1CCc2nc(C3CCCN(Cc4ccccc4)C3)ncc2C1. The van der Waals surface area contributed by atoms with Crippen LogP contribution in [0.4, 0.5) is 0 Å². The van der Waals surface area contributed by atoms with Gasteiger partial charge >= 0.3 is 0 Å². The molecule has 1 amide bonds. The molecular formula is C21H26N4O. The zero-order valence-electron chi connectivity index (χ0n) is 15.4. The van der Waals surface area contributed by atoms with Gasteiger partial charge in [-0.2, -0.15) is 0 Å². The summed E-state index contributed by atoms with van der Waals surface area (Å²) in [6.45, 7) is 6.20. The van der Waals surface area contributed by atoms with E-state index in [4.69, 9.17) is 4.98 Å². The van der Waals surface area contributed by atoms with Crippen molar-refractivity contribution in [3.05, 3.63) is 59.2 Å². The van der Waals surface area contributed by atoms with E-state index in [1.54, 1.807) is 6.92 Å². The fraction of sp³-hybridized carbons (Fsp3) is 0.476. The molecule has 2 aliphatic rings. The summed E-state index contributed by atoms with van der Waals surface area (Å²) in [4.78, 5) is 25.5. The highest BCUT2D eigenvalue weighted by Gasteiger charge is 2.26. The molecule has 2 aliphatic heterocycles. The summed E-state index contributed by atoms with van der Waals surface area (Å²) in [5.41, 5.74) is 3.60. The first-order valence-electron chi connectivity index (χ1n) is 9.55. The molecule has 1 saturated heterocycles. The van der Waals surface area contributed by atoms with Crippen LogP contribution in [0.1, 0.15) is 48.3 Å². The summed E-state index contributed by atoms with van der Waals surface area (Å²) >= 11 is 0. The Balaban J connectivity index is 1.45. The second-order valence-corrected chi connectivity index (χ2v) is 7.45. The molecule has 0 spiro atoms. The van der Waals surface area contributed by atoms with Crippen LogP contribution >= 0.6 is 0 Å². The number of carbonyl (C=O) groups excluding carboxylic acids is 1. The number of likely N-dealkylation sites (tertiary alicyclic amines) is 1. The van der Waals surface area contributed by atoms with E-state index in [1.807, 2.05) is 11.1 Å². The predicted octanol–water partition coefficient (Wildman–Crippen LogP) is 2.76. The first-order chi connectivity index (χ1) is 12.7. The van der Waals surface area contributed by atoms with Crippen molar-refractivity contribution in [3.63, 3.8) is 0 Å². The number of aromatic nitrogens is 2. The molecule has 0 bridgehead atoms. The minimum atomic E-state index is 0.128. The third-order valence-corrected chi connectivity index (χ3v) is 5.52. The van der Waals surface area contributed by atoms with Gasteiger partial charge in [0, 0.05) is 57.2 Å². The van der Waals surface area contributed by atoms with Gasteiger partial charge in [0.25, 0.3) is 0 Å². The molecule has 4 rings (SSSR count). The van der Waals surface area contributed by atoms with E-state index in [2.05, 4.69) is 40.2 Å². The predicted molar refractivity (Wildman–Crippen MR) is 101 cm³/mol. The molecule has 0 N–H and O–H groups in total. The van der Waals surface area contributed by atoms with Crippen molar-refractivity contribution in [2.24, 2.45) is 0 Å². The molecule has 1 unspecified atom stereocenters. The zero-order valence-corrected chi connectivity index (χ0v) is 15.4. The Morgan fingerprint density at radius 1 is 1.23 bits per heavy atom. The Labute approximate surface area is 155 Å².